The highest BCUT2D eigenvalue weighted by Gasteiger charge is 2.38. The summed E-state index contributed by atoms with van der Waals surface area (Å²) in [6.45, 7) is 6.54. The van der Waals surface area contributed by atoms with E-state index in [9.17, 15) is 13.2 Å². The van der Waals surface area contributed by atoms with Crippen LogP contribution >= 0.6 is 0 Å². The summed E-state index contributed by atoms with van der Waals surface area (Å²) < 4.78 is 50.0. The zero-order valence-corrected chi connectivity index (χ0v) is 21.2. The first-order valence-corrected chi connectivity index (χ1v) is 11.9. The molecule has 0 amide bonds. The molecule has 0 atom stereocenters. The van der Waals surface area contributed by atoms with Crippen LogP contribution in [0.25, 0.3) is 0 Å². The summed E-state index contributed by atoms with van der Waals surface area (Å²) in [6, 6.07) is 16.1. The average Bonchev–Trinajstić information content (AvgIpc) is 3.11. The first kappa shape index (κ1) is 26.2. The van der Waals surface area contributed by atoms with Gasteiger partial charge < -0.3 is 19.3 Å². The van der Waals surface area contributed by atoms with E-state index in [0.29, 0.717) is 18.1 Å². The molecular formula is C27H30F3N5O2. The maximum Gasteiger partial charge on any atom is 0.406 e. The molecule has 196 valence electrons. The number of para-hydroxylation sites is 1. The van der Waals surface area contributed by atoms with Gasteiger partial charge in [0.25, 0.3) is 6.02 Å². The van der Waals surface area contributed by atoms with Gasteiger partial charge in [0.1, 0.15) is 23.9 Å². The van der Waals surface area contributed by atoms with Crippen molar-refractivity contribution in [2.24, 2.45) is 0 Å². The molecule has 3 aromatic rings. The van der Waals surface area contributed by atoms with Crippen molar-refractivity contribution < 1.29 is 22.6 Å². The van der Waals surface area contributed by atoms with Crippen LogP contribution in [-0.4, -0.2) is 46.2 Å². The third-order valence-electron chi connectivity index (χ3n) is 6.06. The monoisotopic (exact) mass is 513 g/mol. The van der Waals surface area contributed by atoms with Gasteiger partial charge in [0.15, 0.2) is 12.4 Å². The predicted octanol–water partition coefficient (Wildman–Crippen LogP) is 6.42. The number of amidine groups is 1. The van der Waals surface area contributed by atoms with Gasteiger partial charge in [0, 0.05) is 35.4 Å². The van der Waals surface area contributed by atoms with E-state index in [1.165, 1.54) is 0 Å². The molecule has 1 aliphatic heterocycles. The van der Waals surface area contributed by atoms with Crippen molar-refractivity contribution >= 4 is 17.5 Å². The smallest absolute Gasteiger partial charge is 0.406 e. The number of anilines is 2. The lowest BCUT2D eigenvalue weighted by Gasteiger charge is -2.29. The molecule has 7 nitrogen and oxygen atoms in total. The largest absolute Gasteiger partial charge is 0.457 e. The first-order chi connectivity index (χ1) is 17.4. The van der Waals surface area contributed by atoms with Crippen molar-refractivity contribution in [2.75, 3.05) is 18.0 Å². The Balaban J connectivity index is 1.50. The zero-order chi connectivity index (χ0) is 26.8. The highest BCUT2D eigenvalue weighted by Crippen LogP contribution is 2.43. The van der Waals surface area contributed by atoms with Crippen LogP contribution in [-0.2, 0) is 16.8 Å². The highest BCUT2D eigenvalue weighted by atomic mass is 19.4. The summed E-state index contributed by atoms with van der Waals surface area (Å²) in [5, 5.41) is 8.02. The fourth-order valence-corrected chi connectivity index (χ4v) is 4.15. The second-order valence-electron chi connectivity index (χ2n) is 9.83. The second-order valence-corrected chi connectivity index (χ2v) is 9.83. The van der Waals surface area contributed by atoms with Gasteiger partial charge in [-0.25, -0.2) is 9.97 Å². The summed E-state index contributed by atoms with van der Waals surface area (Å²) in [4.78, 5) is 12.0. The molecule has 0 aliphatic carbocycles. The van der Waals surface area contributed by atoms with Gasteiger partial charge in [-0.3, -0.25) is 5.41 Å². The second kappa shape index (κ2) is 10.3. The number of ether oxygens (including phenoxy) is 2. The van der Waals surface area contributed by atoms with Gasteiger partial charge in [-0.05, 0) is 50.2 Å². The van der Waals surface area contributed by atoms with Gasteiger partial charge >= 0.3 is 6.18 Å². The highest BCUT2D eigenvalue weighted by molar-refractivity contribution is 5.71. The van der Waals surface area contributed by atoms with Crippen LogP contribution in [0.3, 0.4) is 0 Å². The van der Waals surface area contributed by atoms with Crippen LogP contribution in [0.1, 0.15) is 39.1 Å². The number of rotatable bonds is 7. The van der Waals surface area contributed by atoms with E-state index in [1.807, 2.05) is 54.6 Å². The van der Waals surface area contributed by atoms with Gasteiger partial charge in [-0.1, -0.05) is 32.0 Å². The predicted molar refractivity (Wildman–Crippen MR) is 135 cm³/mol. The molecule has 0 saturated heterocycles. The van der Waals surface area contributed by atoms with Crippen LogP contribution in [0.2, 0.25) is 0 Å². The summed E-state index contributed by atoms with van der Waals surface area (Å²) in [6.07, 6.45) is -2.72. The maximum atomic E-state index is 12.9. The Morgan fingerprint density at radius 2 is 1.73 bits per heavy atom. The topological polar surface area (TPSA) is 74.6 Å². The molecule has 0 radical (unpaired) electrons. The van der Waals surface area contributed by atoms with Crippen molar-refractivity contribution in [2.45, 2.75) is 51.9 Å². The van der Waals surface area contributed by atoms with Crippen LogP contribution in [0, 0.1) is 5.41 Å². The molecule has 4 rings (SSSR count). The Bertz CT molecular complexity index is 1230. The van der Waals surface area contributed by atoms with E-state index < -0.39 is 24.8 Å². The molecule has 0 spiro atoms. The minimum absolute atomic E-state index is 0.217. The standard InChI is InChI=1S/C27H30F3N5O2/c1-18(2)34(17-27(28,29)30)25(31)36-15-23-32-14-22-24(33-23)35(16-26(22,3)4)19-10-12-21(13-11-19)37-20-8-6-5-7-9-20/h5-14,18,31H,15-17H2,1-4H3. The van der Waals surface area contributed by atoms with Gasteiger partial charge in [0.2, 0.25) is 0 Å². The lowest BCUT2D eigenvalue weighted by atomic mass is 9.89. The third-order valence-corrected chi connectivity index (χ3v) is 6.06. The van der Waals surface area contributed by atoms with Crippen LogP contribution in [0.5, 0.6) is 11.5 Å². The third kappa shape index (κ3) is 6.31. The summed E-state index contributed by atoms with van der Waals surface area (Å²) in [5.74, 6) is 2.44. The molecular weight excluding hydrogens is 483 g/mol. The van der Waals surface area contributed by atoms with Gasteiger partial charge in [-0.2, -0.15) is 13.2 Å². The Morgan fingerprint density at radius 3 is 2.35 bits per heavy atom. The van der Waals surface area contributed by atoms with Crippen molar-refractivity contribution in [1.29, 1.82) is 5.41 Å². The molecule has 1 aliphatic rings. The zero-order valence-electron chi connectivity index (χ0n) is 21.2. The molecule has 0 bridgehead atoms. The van der Waals surface area contributed by atoms with E-state index in [-0.39, 0.29) is 17.8 Å². The minimum atomic E-state index is -4.45. The normalized spacial score (nSPS) is 14.4. The van der Waals surface area contributed by atoms with Crippen LogP contribution in [0.4, 0.5) is 24.7 Å². The number of hydrogen-bond acceptors (Lipinski definition) is 6. The van der Waals surface area contributed by atoms with E-state index in [2.05, 4.69) is 28.7 Å². The molecule has 2 aromatic carbocycles. The maximum absolute atomic E-state index is 12.9. The van der Waals surface area contributed by atoms with Crippen LogP contribution < -0.4 is 9.64 Å². The van der Waals surface area contributed by atoms with E-state index in [1.54, 1.807) is 20.0 Å². The lowest BCUT2D eigenvalue weighted by molar-refractivity contribution is -0.142. The molecule has 37 heavy (non-hydrogen) atoms. The van der Waals surface area contributed by atoms with E-state index >= 15 is 0 Å². The molecule has 2 heterocycles. The Kier molecular flexibility index (Phi) is 7.29. The van der Waals surface area contributed by atoms with Crippen LogP contribution in [0.15, 0.2) is 60.8 Å². The van der Waals surface area contributed by atoms with Crippen molar-refractivity contribution in [3.8, 4) is 11.5 Å². The number of halogens is 3. The van der Waals surface area contributed by atoms with Crippen molar-refractivity contribution in [3.05, 3.63) is 72.2 Å². The number of fused-ring (bicyclic) bond motifs is 1. The Hall–Kier alpha value is -3.82. The van der Waals surface area contributed by atoms with E-state index in [4.69, 9.17) is 14.9 Å². The number of nitrogens with zero attached hydrogens (tertiary/aromatic N) is 4. The fraction of sp³-hybridized carbons (Fsp3) is 0.370. The summed E-state index contributed by atoms with van der Waals surface area (Å²) in [7, 11) is 0. The van der Waals surface area contributed by atoms with Gasteiger partial charge in [0.05, 0.1) is 0 Å². The summed E-state index contributed by atoms with van der Waals surface area (Å²) >= 11 is 0. The first-order valence-electron chi connectivity index (χ1n) is 11.9. The lowest BCUT2D eigenvalue weighted by Crippen LogP contribution is -2.43. The average molecular weight is 514 g/mol. The fourth-order valence-electron chi connectivity index (χ4n) is 4.15. The molecule has 0 fully saturated rings. The minimum Gasteiger partial charge on any atom is -0.457 e. The number of benzene rings is 2. The Morgan fingerprint density at radius 1 is 1.08 bits per heavy atom. The molecule has 1 aromatic heterocycles. The van der Waals surface area contributed by atoms with Crippen molar-refractivity contribution in [3.63, 3.8) is 0 Å². The SMILES string of the molecule is CC(C)N(CC(F)(F)F)C(=N)OCc1ncc2c(n1)N(c1ccc(Oc3ccccc3)cc1)CC2(C)C. The number of aromatic nitrogens is 2. The summed E-state index contributed by atoms with van der Waals surface area (Å²) in [5.41, 5.74) is 1.65. The quantitative estimate of drug-likeness (QED) is 0.290. The van der Waals surface area contributed by atoms with Crippen molar-refractivity contribution in [1.82, 2.24) is 14.9 Å². The van der Waals surface area contributed by atoms with E-state index in [0.717, 1.165) is 21.9 Å². The number of nitrogens with one attached hydrogen (secondary N) is 1. The molecule has 0 saturated carbocycles. The molecule has 1 N–H and O–H groups in total. The number of hydrogen-bond donors (Lipinski definition) is 1. The molecule has 0 unspecified atom stereocenters. The molecule has 10 heteroatoms. The number of alkyl halides is 3. The Labute approximate surface area is 214 Å². The van der Waals surface area contributed by atoms with Gasteiger partial charge in [-0.15, -0.1) is 0 Å².